The number of nitrogens with one attached hydrogen (secondary N) is 2. The Morgan fingerprint density at radius 1 is 1.12 bits per heavy atom. The maximum absolute atomic E-state index is 12.4. The van der Waals surface area contributed by atoms with Gasteiger partial charge in [0.1, 0.15) is 0 Å². The molecule has 0 aliphatic carbocycles. The smallest absolute Gasteiger partial charge is 0.223 e. The number of likely N-dealkylation sites (tertiary alicyclic amines) is 1. The zero-order valence-corrected chi connectivity index (χ0v) is 15.6. The molecule has 1 aromatic rings. The molecule has 2 saturated heterocycles. The molecule has 1 aromatic carbocycles. The van der Waals surface area contributed by atoms with Gasteiger partial charge in [-0.15, -0.1) is 0 Å². The Hall–Kier alpha value is -1.88. The van der Waals surface area contributed by atoms with Gasteiger partial charge in [0.15, 0.2) is 0 Å². The Kier molecular flexibility index (Phi) is 7.06. The maximum atomic E-state index is 12.4. The first-order valence-corrected chi connectivity index (χ1v) is 10.0. The largest absolute Gasteiger partial charge is 0.356 e. The molecule has 26 heavy (non-hydrogen) atoms. The predicted octanol–water partition coefficient (Wildman–Crippen LogP) is 1.97. The first-order chi connectivity index (χ1) is 12.7. The fourth-order valence-electron chi connectivity index (χ4n) is 3.93. The van der Waals surface area contributed by atoms with Crippen molar-refractivity contribution in [3.05, 3.63) is 35.9 Å². The number of rotatable bonds is 6. The van der Waals surface area contributed by atoms with Crippen LogP contribution in [0.4, 0.5) is 0 Å². The third-order valence-corrected chi connectivity index (χ3v) is 5.65. The zero-order valence-electron chi connectivity index (χ0n) is 15.6. The molecule has 0 radical (unpaired) electrons. The van der Waals surface area contributed by atoms with Gasteiger partial charge in [-0.25, -0.2) is 0 Å². The molecule has 142 valence electrons. The third kappa shape index (κ3) is 5.56. The average Bonchev–Trinajstić information content (AvgIpc) is 2.72. The Balaban J connectivity index is 1.35. The van der Waals surface area contributed by atoms with Crippen LogP contribution in [0.1, 0.15) is 37.7 Å². The molecule has 5 heteroatoms. The molecule has 0 saturated carbocycles. The molecule has 2 N–H and O–H groups in total. The summed E-state index contributed by atoms with van der Waals surface area (Å²) < 4.78 is 0. The van der Waals surface area contributed by atoms with Crippen molar-refractivity contribution in [3.63, 3.8) is 0 Å². The molecule has 0 spiro atoms. The summed E-state index contributed by atoms with van der Waals surface area (Å²) in [5, 5.41) is 6.52. The van der Waals surface area contributed by atoms with Crippen molar-refractivity contribution in [3.8, 4) is 0 Å². The second kappa shape index (κ2) is 9.72. The second-order valence-corrected chi connectivity index (χ2v) is 7.60. The molecule has 1 atom stereocenters. The molecule has 2 aliphatic rings. The Morgan fingerprint density at radius 3 is 2.58 bits per heavy atom. The van der Waals surface area contributed by atoms with Gasteiger partial charge in [-0.05, 0) is 56.7 Å². The summed E-state index contributed by atoms with van der Waals surface area (Å²) in [6, 6.07) is 10.1. The molecular weight excluding hydrogens is 326 g/mol. The summed E-state index contributed by atoms with van der Waals surface area (Å²) >= 11 is 0. The van der Waals surface area contributed by atoms with Crippen molar-refractivity contribution in [1.82, 2.24) is 15.5 Å². The number of nitrogens with zero attached hydrogens (tertiary/aromatic N) is 1. The van der Waals surface area contributed by atoms with Crippen molar-refractivity contribution < 1.29 is 9.59 Å². The minimum atomic E-state index is 0.0599. The quantitative estimate of drug-likeness (QED) is 0.818. The zero-order chi connectivity index (χ0) is 18.2. The number of benzene rings is 1. The van der Waals surface area contributed by atoms with Crippen LogP contribution in [-0.4, -0.2) is 49.4 Å². The maximum Gasteiger partial charge on any atom is 0.223 e. The van der Waals surface area contributed by atoms with E-state index in [1.807, 2.05) is 23.1 Å². The van der Waals surface area contributed by atoms with E-state index in [2.05, 4.69) is 22.8 Å². The minimum Gasteiger partial charge on any atom is -0.356 e. The van der Waals surface area contributed by atoms with Crippen LogP contribution in [0.3, 0.4) is 0 Å². The number of amides is 2. The Labute approximate surface area is 156 Å². The van der Waals surface area contributed by atoms with Crippen molar-refractivity contribution in [2.45, 2.75) is 38.5 Å². The van der Waals surface area contributed by atoms with Gasteiger partial charge in [-0.1, -0.05) is 30.3 Å². The van der Waals surface area contributed by atoms with E-state index in [0.29, 0.717) is 25.4 Å². The molecular formula is C21H31N3O2. The van der Waals surface area contributed by atoms with Crippen molar-refractivity contribution in [2.75, 3.05) is 32.7 Å². The monoisotopic (exact) mass is 357 g/mol. The van der Waals surface area contributed by atoms with Crippen molar-refractivity contribution in [1.29, 1.82) is 0 Å². The van der Waals surface area contributed by atoms with Gasteiger partial charge >= 0.3 is 0 Å². The molecule has 5 nitrogen and oxygen atoms in total. The Morgan fingerprint density at radius 2 is 1.88 bits per heavy atom. The second-order valence-electron chi connectivity index (χ2n) is 7.60. The lowest BCUT2D eigenvalue weighted by Gasteiger charge is -2.32. The summed E-state index contributed by atoms with van der Waals surface area (Å²) in [6.45, 7) is 4.30. The third-order valence-electron chi connectivity index (χ3n) is 5.65. The van der Waals surface area contributed by atoms with Crippen LogP contribution in [0.15, 0.2) is 30.3 Å². The standard InChI is InChI=1S/C21H31N3O2/c25-20(9-8-17-5-2-1-3-6-17)24-13-10-19(11-14-24)21(26)23-16-18-7-4-12-22-15-18/h1-3,5-6,18-19,22H,4,7-16H2,(H,23,26). The van der Waals surface area contributed by atoms with Crippen LogP contribution in [0.25, 0.3) is 0 Å². The summed E-state index contributed by atoms with van der Waals surface area (Å²) in [5.41, 5.74) is 1.20. The summed E-state index contributed by atoms with van der Waals surface area (Å²) in [5.74, 6) is 1.00. The van der Waals surface area contributed by atoms with E-state index in [9.17, 15) is 9.59 Å². The number of aryl methyl sites for hydroxylation is 1. The van der Waals surface area contributed by atoms with Gasteiger partial charge in [0.05, 0.1) is 0 Å². The van der Waals surface area contributed by atoms with Crippen LogP contribution < -0.4 is 10.6 Å². The fourth-order valence-corrected chi connectivity index (χ4v) is 3.93. The molecule has 1 unspecified atom stereocenters. The summed E-state index contributed by atoms with van der Waals surface area (Å²) in [6.07, 6.45) is 5.30. The minimum absolute atomic E-state index is 0.0599. The molecule has 2 aliphatic heterocycles. The van der Waals surface area contributed by atoms with Crippen molar-refractivity contribution >= 4 is 11.8 Å². The highest BCUT2D eigenvalue weighted by Crippen LogP contribution is 2.19. The normalized spacial score (nSPS) is 21.4. The lowest BCUT2D eigenvalue weighted by Crippen LogP contribution is -2.45. The van der Waals surface area contributed by atoms with E-state index in [-0.39, 0.29) is 17.7 Å². The van der Waals surface area contributed by atoms with Gasteiger partial charge in [0.25, 0.3) is 0 Å². The number of hydrogen-bond donors (Lipinski definition) is 2. The van der Waals surface area contributed by atoms with Gasteiger partial charge in [0, 0.05) is 32.0 Å². The number of hydrogen-bond acceptors (Lipinski definition) is 3. The van der Waals surface area contributed by atoms with Crippen LogP contribution in [-0.2, 0) is 16.0 Å². The van der Waals surface area contributed by atoms with Crippen LogP contribution in [0.2, 0.25) is 0 Å². The first-order valence-electron chi connectivity index (χ1n) is 10.0. The summed E-state index contributed by atoms with van der Waals surface area (Å²) in [7, 11) is 0. The molecule has 0 aromatic heterocycles. The van der Waals surface area contributed by atoms with Gasteiger partial charge in [0.2, 0.25) is 11.8 Å². The van der Waals surface area contributed by atoms with Crippen LogP contribution in [0.5, 0.6) is 0 Å². The van der Waals surface area contributed by atoms with E-state index in [1.54, 1.807) is 0 Å². The highest BCUT2D eigenvalue weighted by molar-refractivity contribution is 5.80. The summed E-state index contributed by atoms with van der Waals surface area (Å²) in [4.78, 5) is 26.7. The van der Waals surface area contributed by atoms with E-state index < -0.39 is 0 Å². The van der Waals surface area contributed by atoms with Crippen LogP contribution >= 0.6 is 0 Å². The number of piperidine rings is 2. The van der Waals surface area contributed by atoms with E-state index in [4.69, 9.17) is 0 Å². The number of carbonyl (C=O) groups is 2. The first kappa shape index (κ1) is 18.9. The van der Waals surface area contributed by atoms with E-state index >= 15 is 0 Å². The van der Waals surface area contributed by atoms with Gasteiger partial charge in [-0.3, -0.25) is 9.59 Å². The Bertz CT molecular complexity index is 576. The molecule has 2 heterocycles. The number of carbonyl (C=O) groups excluding carboxylic acids is 2. The SMILES string of the molecule is O=C(NCC1CCCNC1)C1CCN(C(=O)CCc2ccccc2)CC1. The molecule has 2 amide bonds. The van der Waals surface area contributed by atoms with Crippen molar-refractivity contribution in [2.24, 2.45) is 11.8 Å². The van der Waals surface area contributed by atoms with E-state index in [1.165, 1.54) is 18.4 Å². The highest BCUT2D eigenvalue weighted by atomic mass is 16.2. The van der Waals surface area contributed by atoms with E-state index in [0.717, 1.165) is 38.9 Å². The highest BCUT2D eigenvalue weighted by Gasteiger charge is 2.27. The average molecular weight is 357 g/mol. The predicted molar refractivity (Wildman–Crippen MR) is 103 cm³/mol. The topological polar surface area (TPSA) is 61.4 Å². The van der Waals surface area contributed by atoms with Crippen LogP contribution in [0, 0.1) is 11.8 Å². The molecule has 2 fully saturated rings. The lowest BCUT2D eigenvalue weighted by atomic mass is 9.94. The molecule has 3 rings (SSSR count). The fraction of sp³-hybridized carbons (Fsp3) is 0.619. The van der Waals surface area contributed by atoms with Gasteiger partial charge in [-0.2, -0.15) is 0 Å². The lowest BCUT2D eigenvalue weighted by molar-refractivity contribution is -0.135. The molecule has 0 bridgehead atoms. The van der Waals surface area contributed by atoms with Gasteiger partial charge < -0.3 is 15.5 Å².